The number of esters is 1. The number of benzene rings is 2. The average molecular weight is 454 g/mol. The largest absolute Gasteiger partial charge is 0.494 e. The summed E-state index contributed by atoms with van der Waals surface area (Å²) in [6, 6.07) is 16.2. The van der Waals surface area contributed by atoms with Crippen LogP contribution in [0.15, 0.2) is 53.4 Å². The fourth-order valence-electron chi connectivity index (χ4n) is 3.11. The van der Waals surface area contributed by atoms with Crippen molar-refractivity contribution in [2.45, 2.75) is 29.9 Å². The molecule has 0 radical (unpaired) electrons. The van der Waals surface area contributed by atoms with Gasteiger partial charge in [-0.3, -0.25) is 14.4 Å². The molecule has 0 saturated heterocycles. The number of carbonyl (C=O) groups excluding carboxylic acids is 3. The third-order valence-corrected chi connectivity index (χ3v) is 5.90. The van der Waals surface area contributed by atoms with Crippen molar-refractivity contribution in [1.29, 1.82) is 5.26 Å². The zero-order valence-corrected chi connectivity index (χ0v) is 18.4. The zero-order valence-electron chi connectivity index (χ0n) is 17.6. The molecule has 0 bridgehead atoms. The molecule has 0 spiro atoms. The number of nitrogens with zero attached hydrogens (tertiary/aromatic N) is 2. The first-order valence-corrected chi connectivity index (χ1v) is 11.0. The van der Waals surface area contributed by atoms with Crippen molar-refractivity contribution in [1.82, 2.24) is 0 Å². The summed E-state index contributed by atoms with van der Waals surface area (Å²) in [6.07, 6.45) is -0.0233. The highest BCUT2D eigenvalue weighted by Gasteiger charge is 2.29. The molecule has 0 aliphatic carbocycles. The van der Waals surface area contributed by atoms with E-state index in [1.165, 1.54) is 16.7 Å². The van der Waals surface area contributed by atoms with Crippen LogP contribution in [0.25, 0.3) is 0 Å². The summed E-state index contributed by atoms with van der Waals surface area (Å²) in [6.45, 7) is 2.08. The monoisotopic (exact) mass is 453 g/mol. The van der Waals surface area contributed by atoms with Gasteiger partial charge in [0.15, 0.2) is 6.61 Å². The van der Waals surface area contributed by atoms with Crippen molar-refractivity contribution in [2.75, 3.05) is 30.0 Å². The van der Waals surface area contributed by atoms with E-state index in [1.807, 2.05) is 31.2 Å². The van der Waals surface area contributed by atoms with Crippen LogP contribution in [0.3, 0.4) is 0 Å². The Bertz CT molecular complexity index is 1020. The lowest BCUT2D eigenvalue weighted by Crippen LogP contribution is -2.36. The van der Waals surface area contributed by atoms with Gasteiger partial charge in [-0.25, -0.2) is 0 Å². The second-order valence-electron chi connectivity index (χ2n) is 6.84. The molecule has 2 amide bonds. The fourth-order valence-corrected chi connectivity index (χ4v) is 4.20. The fraction of sp³-hybridized carbons (Fsp3) is 0.304. The molecule has 1 N–H and O–H groups in total. The first kappa shape index (κ1) is 23.2. The Hall–Kier alpha value is -3.51. The number of ether oxygens (including phenoxy) is 2. The Kier molecular flexibility index (Phi) is 8.11. The lowest BCUT2D eigenvalue weighted by Gasteiger charge is -2.24. The normalized spacial score (nSPS) is 14.5. The first-order valence-electron chi connectivity index (χ1n) is 10.1. The Labute approximate surface area is 190 Å². The van der Waals surface area contributed by atoms with Crippen LogP contribution in [-0.2, 0) is 19.1 Å². The van der Waals surface area contributed by atoms with E-state index in [2.05, 4.69) is 5.32 Å². The number of hydrogen-bond donors (Lipinski definition) is 1. The van der Waals surface area contributed by atoms with Gasteiger partial charge in [0.05, 0.1) is 36.5 Å². The number of rotatable bonds is 9. The van der Waals surface area contributed by atoms with Crippen molar-refractivity contribution < 1.29 is 23.9 Å². The molecule has 0 saturated carbocycles. The molecular formula is C23H23N3O5S. The van der Waals surface area contributed by atoms with E-state index in [0.717, 1.165) is 4.90 Å². The van der Waals surface area contributed by atoms with Gasteiger partial charge in [-0.1, -0.05) is 12.1 Å². The molecule has 32 heavy (non-hydrogen) atoms. The van der Waals surface area contributed by atoms with Gasteiger partial charge >= 0.3 is 5.97 Å². The molecule has 0 fully saturated rings. The summed E-state index contributed by atoms with van der Waals surface area (Å²) in [5.74, 6) is -0.705. The predicted molar refractivity (Wildman–Crippen MR) is 120 cm³/mol. The molecule has 1 aliphatic heterocycles. The minimum absolute atomic E-state index is 0.130. The number of para-hydroxylation sites is 1. The van der Waals surface area contributed by atoms with E-state index in [-0.39, 0.29) is 25.3 Å². The average Bonchev–Trinajstić information content (AvgIpc) is 2.79. The molecule has 1 heterocycles. The van der Waals surface area contributed by atoms with Crippen molar-refractivity contribution in [3.05, 3.63) is 48.5 Å². The van der Waals surface area contributed by atoms with E-state index in [9.17, 15) is 14.4 Å². The minimum Gasteiger partial charge on any atom is -0.494 e. The number of fused-ring (bicyclic) bond motifs is 1. The molecule has 3 rings (SSSR count). The van der Waals surface area contributed by atoms with E-state index >= 15 is 0 Å². The Balaban J connectivity index is 1.57. The van der Waals surface area contributed by atoms with Gasteiger partial charge in [-0.15, -0.1) is 11.8 Å². The highest BCUT2D eigenvalue weighted by atomic mass is 32.2. The summed E-state index contributed by atoms with van der Waals surface area (Å²) >= 11 is 1.29. The second-order valence-corrected chi connectivity index (χ2v) is 8.08. The van der Waals surface area contributed by atoms with Gasteiger partial charge in [0.1, 0.15) is 5.75 Å². The number of nitriles is 1. The van der Waals surface area contributed by atoms with E-state index in [4.69, 9.17) is 14.7 Å². The number of anilines is 2. The van der Waals surface area contributed by atoms with Crippen LogP contribution >= 0.6 is 11.8 Å². The quantitative estimate of drug-likeness (QED) is 0.580. The zero-order chi connectivity index (χ0) is 22.9. The summed E-state index contributed by atoms with van der Waals surface area (Å²) in [5.41, 5.74) is 1.29. The van der Waals surface area contributed by atoms with Crippen LogP contribution in [0.2, 0.25) is 0 Å². The van der Waals surface area contributed by atoms with Crippen molar-refractivity contribution in [3.8, 4) is 11.8 Å². The second kappa shape index (κ2) is 11.2. The maximum absolute atomic E-state index is 12.7. The minimum atomic E-state index is -0.641. The Morgan fingerprint density at radius 1 is 1.19 bits per heavy atom. The van der Waals surface area contributed by atoms with Crippen molar-refractivity contribution in [3.63, 3.8) is 0 Å². The number of thioether (sulfide) groups is 1. The van der Waals surface area contributed by atoms with Gasteiger partial charge in [0.25, 0.3) is 5.91 Å². The van der Waals surface area contributed by atoms with Crippen LogP contribution in [-0.4, -0.2) is 42.8 Å². The van der Waals surface area contributed by atoms with Gasteiger partial charge in [0.2, 0.25) is 5.91 Å². The highest BCUT2D eigenvalue weighted by Crippen LogP contribution is 2.36. The maximum Gasteiger partial charge on any atom is 0.307 e. The summed E-state index contributed by atoms with van der Waals surface area (Å²) in [7, 11) is 0. The van der Waals surface area contributed by atoms with Gasteiger partial charge < -0.3 is 19.7 Å². The van der Waals surface area contributed by atoms with E-state index in [1.54, 1.807) is 30.3 Å². The maximum atomic E-state index is 12.7. The molecule has 1 aliphatic rings. The molecule has 0 aromatic heterocycles. The molecule has 9 heteroatoms. The number of amides is 2. The lowest BCUT2D eigenvalue weighted by atomic mass is 10.2. The molecule has 8 nitrogen and oxygen atoms in total. The number of hydrogen-bond acceptors (Lipinski definition) is 7. The van der Waals surface area contributed by atoms with Crippen molar-refractivity contribution >= 4 is 40.9 Å². The van der Waals surface area contributed by atoms with Gasteiger partial charge in [0, 0.05) is 17.1 Å². The highest BCUT2D eigenvalue weighted by molar-refractivity contribution is 8.01. The van der Waals surface area contributed by atoms with E-state index in [0.29, 0.717) is 23.7 Å². The molecule has 1 atom stereocenters. The molecule has 166 valence electrons. The predicted octanol–water partition coefficient (Wildman–Crippen LogP) is 3.38. The smallest absolute Gasteiger partial charge is 0.307 e. The molecule has 1 unspecified atom stereocenters. The Morgan fingerprint density at radius 3 is 2.66 bits per heavy atom. The molecular weight excluding hydrogens is 430 g/mol. The number of nitrogens with one attached hydrogen (secondary N) is 1. The van der Waals surface area contributed by atoms with Crippen LogP contribution < -0.4 is 15.0 Å². The summed E-state index contributed by atoms with van der Waals surface area (Å²) in [4.78, 5) is 39.5. The van der Waals surface area contributed by atoms with Crippen LogP contribution in [0.1, 0.15) is 19.8 Å². The molecule has 2 aromatic carbocycles. The third-order valence-electron chi connectivity index (χ3n) is 4.62. The topological polar surface area (TPSA) is 109 Å². The first-order chi connectivity index (χ1) is 15.5. The molecule has 2 aromatic rings. The summed E-state index contributed by atoms with van der Waals surface area (Å²) in [5, 5.41) is 11.1. The third kappa shape index (κ3) is 6.02. The van der Waals surface area contributed by atoms with Crippen molar-refractivity contribution in [2.24, 2.45) is 0 Å². The SMILES string of the molecule is CCOc1ccc(N(CCC#N)C(=O)COC(=O)CC2Sc3ccccc3NC2=O)cc1. The number of carbonyl (C=O) groups is 3. The standard InChI is InChI=1S/C23H23N3O5S/c1-2-30-17-10-8-16(9-11-17)26(13-5-12-24)21(27)15-31-22(28)14-20-23(29)25-18-6-3-4-7-19(18)32-20/h3-4,6-11,20H,2,5,13-15H2,1H3,(H,25,29). The van der Waals surface area contributed by atoms with Crippen LogP contribution in [0, 0.1) is 11.3 Å². The Morgan fingerprint density at radius 2 is 1.94 bits per heavy atom. The lowest BCUT2D eigenvalue weighted by molar-refractivity contribution is -0.148. The summed E-state index contributed by atoms with van der Waals surface area (Å²) < 4.78 is 10.6. The van der Waals surface area contributed by atoms with Gasteiger partial charge in [-0.05, 0) is 43.3 Å². The van der Waals surface area contributed by atoms with E-state index < -0.39 is 23.7 Å². The van der Waals surface area contributed by atoms with Gasteiger partial charge in [-0.2, -0.15) is 5.26 Å². The van der Waals surface area contributed by atoms with Crippen LogP contribution in [0.4, 0.5) is 11.4 Å². The van der Waals surface area contributed by atoms with Crippen LogP contribution in [0.5, 0.6) is 5.75 Å².